The third kappa shape index (κ3) is 4.33. The number of anilines is 2. The topological polar surface area (TPSA) is 74.5 Å². The zero-order chi connectivity index (χ0) is 13.8. The molecule has 0 aromatic carbocycles. The van der Waals surface area contributed by atoms with E-state index in [0.29, 0.717) is 5.69 Å². The van der Waals surface area contributed by atoms with Crippen LogP contribution in [0, 0.1) is 0 Å². The molecule has 0 bridgehead atoms. The molecule has 7 heteroatoms. The Kier molecular flexibility index (Phi) is 6.19. The normalized spacial score (nSPS) is 17.2. The fourth-order valence-corrected chi connectivity index (χ4v) is 1.94. The number of nitrogens with two attached hydrogens (primary N) is 1. The molecule has 1 unspecified atom stereocenters. The van der Waals surface area contributed by atoms with Gasteiger partial charge in [0, 0.05) is 26.2 Å². The third-order valence-electron chi connectivity index (χ3n) is 3.26. The van der Waals surface area contributed by atoms with Gasteiger partial charge in [-0.1, -0.05) is 0 Å². The molecule has 3 N–H and O–H groups in total. The zero-order valence-corrected chi connectivity index (χ0v) is 12.7. The number of likely N-dealkylation sites (N-methyl/N-ethyl adjacent to an activating group) is 1. The number of pyridine rings is 1. The van der Waals surface area contributed by atoms with E-state index in [4.69, 9.17) is 5.73 Å². The van der Waals surface area contributed by atoms with Crippen LogP contribution in [0.25, 0.3) is 0 Å². The van der Waals surface area contributed by atoms with Crippen LogP contribution in [-0.2, 0) is 4.79 Å². The fourth-order valence-electron chi connectivity index (χ4n) is 1.94. The molecule has 1 fully saturated rings. The van der Waals surface area contributed by atoms with Gasteiger partial charge in [-0.2, -0.15) is 0 Å². The number of rotatable bonds is 3. The first-order valence-electron chi connectivity index (χ1n) is 6.52. The Morgan fingerprint density at radius 3 is 2.50 bits per heavy atom. The molecule has 1 amide bonds. The molecule has 1 aliphatic rings. The van der Waals surface area contributed by atoms with Gasteiger partial charge in [0.1, 0.15) is 5.82 Å². The lowest BCUT2D eigenvalue weighted by atomic mass is 10.3. The fraction of sp³-hybridized carbons (Fsp3) is 0.538. The standard InChI is InChI=1S/C13H21N5O.ClH/c1-10(14)13(19)16-11-3-4-12(15-9-11)18-7-5-17(2)6-8-18;/h3-4,9-10H,5-8,14H2,1-2H3,(H,16,19);1H. The van der Waals surface area contributed by atoms with E-state index in [9.17, 15) is 4.79 Å². The number of halogens is 1. The number of hydrogen-bond acceptors (Lipinski definition) is 5. The van der Waals surface area contributed by atoms with Gasteiger partial charge in [-0.3, -0.25) is 4.79 Å². The molecule has 6 nitrogen and oxygen atoms in total. The predicted octanol–water partition coefficient (Wildman–Crippen LogP) is 0.541. The highest BCUT2D eigenvalue weighted by Gasteiger charge is 2.15. The van der Waals surface area contributed by atoms with Crippen molar-refractivity contribution in [3.8, 4) is 0 Å². The summed E-state index contributed by atoms with van der Waals surface area (Å²) in [5.74, 6) is 0.751. The molecule has 2 rings (SSSR count). The quantitative estimate of drug-likeness (QED) is 0.852. The molecule has 0 saturated carbocycles. The summed E-state index contributed by atoms with van der Waals surface area (Å²) in [6.45, 7) is 5.71. The summed E-state index contributed by atoms with van der Waals surface area (Å²) in [7, 11) is 2.12. The maximum atomic E-state index is 11.5. The number of aromatic nitrogens is 1. The first-order valence-corrected chi connectivity index (χ1v) is 6.52. The van der Waals surface area contributed by atoms with Gasteiger partial charge in [0.25, 0.3) is 0 Å². The van der Waals surface area contributed by atoms with Crippen molar-refractivity contribution in [3.63, 3.8) is 0 Å². The molecule has 1 aliphatic heterocycles. The van der Waals surface area contributed by atoms with Crippen LogP contribution < -0.4 is 16.0 Å². The van der Waals surface area contributed by atoms with Gasteiger partial charge < -0.3 is 20.9 Å². The SMILES string of the molecule is CC(N)C(=O)Nc1ccc(N2CCN(C)CC2)nc1.Cl. The summed E-state index contributed by atoms with van der Waals surface area (Å²) in [4.78, 5) is 20.4. The van der Waals surface area contributed by atoms with E-state index in [-0.39, 0.29) is 18.3 Å². The second-order valence-corrected chi connectivity index (χ2v) is 4.97. The van der Waals surface area contributed by atoms with Crippen molar-refractivity contribution in [1.82, 2.24) is 9.88 Å². The average molecular weight is 300 g/mol. The Morgan fingerprint density at radius 2 is 2.00 bits per heavy atom. The van der Waals surface area contributed by atoms with E-state index in [0.717, 1.165) is 32.0 Å². The van der Waals surface area contributed by atoms with E-state index >= 15 is 0 Å². The van der Waals surface area contributed by atoms with Gasteiger partial charge in [0.15, 0.2) is 0 Å². The van der Waals surface area contributed by atoms with Crippen LogP contribution in [-0.4, -0.2) is 55.1 Å². The Balaban J connectivity index is 0.00000200. The van der Waals surface area contributed by atoms with Gasteiger partial charge in [-0.15, -0.1) is 12.4 Å². The van der Waals surface area contributed by atoms with Crippen LogP contribution in [0.3, 0.4) is 0 Å². The van der Waals surface area contributed by atoms with E-state index in [1.165, 1.54) is 0 Å². The summed E-state index contributed by atoms with van der Waals surface area (Å²) < 4.78 is 0. The minimum atomic E-state index is -0.516. The van der Waals surface area contributed by atoms with Gasteiger partial charge >= 0.3 is 0 Å². The smallest absolute Gasteiger partial charge is 0.241 e. The number of carbonyl (C=O) groups excluding carboxylic acids is 1. The number of nitrogens with zero attached hydrogens (tertiary/aromatic N) is 3. The molecular weight excluding hydrogens is 278 g/mol. The Hall–Kier alpha value is -1.37. The maximum absolute atomic E-state index is 11.5. The molecule has 1 aromatic heterocycles. The second-order valence-electron chi connectivity index (χ2n) is 4.97. The van der Waals surface area contributed by atoms with Crippen molar-refractivity contribution in [1.29, 1.82) is 0 Å². The summed E-state index contributed by atoms with van der Waals surface area (Å²) in [6.07, 6.45) is 1.67. The minimum absolute atomic E-state index is 0. The molecule has 20 heavy (non-hydrogen) atoms. The predicted molar refractivity (Wildman–Crippen MR) is 83.5 cm³/mol. The lowest BCUT2D eigenvalue weighted by Gasteiger charge is -2.33. The van der Waals surface area contributed by atoms with E-state index in [2.05, 4.69) is 27.1 Å². The van der Waals surface area contributed by atoms with Gasteiger partial charge in [0.05, 0.1) is 17.9 Å². The molecule has 0 aliphatic carbocycles. The lowest BCUT2D eigenvalue weighted by molar-refractivity contribution is -0.117. The van der Waals surface area contributed by atoms with Crippen molar-refractivity contribution < 1.29 is 4.79 Å². The van der Waals surface area contributed by atoms with Crippen LogP contribution >= 0.6 is 12.4 Å². The van der Waals surface area contributed by atoms with Crippen LogP contribution in [0.2, 0.25) is 0 Å². The Bertz CT molecular complexity index is 429. The number of piperazine rings is 1. The zero-order valence-electron chi connectivity index (χ0n) is 11.9. The van der Waals surface area contributed by atoms with Crippen molar-refractivity contribution in [2.24, 2.45) is 5.73 Å². The van der Waals surface area contributed by atoms with Crippen LogP contribution in [0.15, 0.2) is 18.3 Å². The Morgan fingerprint density at radius 1 is 1.35 bits per heavy atom. The van der Waals surface area contributed by atoms with Crippen molar-refractivity contribution in [3.05, 3.63) is 18.3 Å². The second kappa shape index (κ2) is 7.42. The molecule has 1 aromatic rings. The van der Waals surface area contributed by atoms with E-state index in [1.807, 2.05) is 12.1 Å². The van der Waals surface area contributed by atoms with Crippen LogP contribution in [0.5, 0.6) is 0 Å². The maximum Gasteiger partial charge on any atom is 0.241 e. The number of amides is 1. The molecule has 1 saturated heterocycles. The van der Waals surface area contributed by atoms with Crippen LogP contribution in [0.4, 0.5) is 11.5 Å². The molecular formula is C13H22ClN5O. The number of carbonyl (C=O) groups is 1. The van der Waals surface area contributed by atoms with Gasteiger partial charge in [-0.25, -0.2) is 4.98 Å². The summed E-state index contributed by atoms with van der Waals surface area (Å²) >= 11 is 0. The minimum Gasteiger partial charge on any atom is -0.354 e. The molecule has 0 radical (unpaired) electrons. The van der Waals surface area contributed by atoms with Gasteiger partial charge in [-0.05, 0) is 26.1 Å². The highest BCUT2D eigenvalue weighted by molar-refractivity contribution is 5.94. The molecule has 1 atom stereocenters. The largest absolute Gasteiger partial charge is 0.354 e. The Labute approximate surface area is 125 Å². The summed E-state index contributed by atoms with van der Waals surface area (Å²) in [5, 5.41) is 2.73. The van der Waals surface area contributed by atoms with Crippen molar-refractivity contribution in [2.45, 2.75) is 13.0 Å². The first kappa shape index (κ1) is 16.7. The lowest BCUT2D eigenvalue weighted by Crippen LogP contribution is -2.44. The van der Waals surface area contributed by atoms with Crippen molar-refractivity contribution in [2.75, 3.05) is 43.4 Å². The molecule has 2 heterocycles. The monoisotopic (exact) mass is 299 g/mol. The number of nitrogens with one attached hydrogen (secondary N) is 1. The van der Waals surface area contributed by atoms with Crippen molar-refractivity contribution >= 4 is 29.8 Å². The average Bonchev–Trinajstić information content (AvgIpc) is 2.40. The molecule has 112 valence electrons. The number of hydrogen-bond donors (Lipinski definition) is 2. The third-order valence-corrected chi connectivity index (χ3v) is 3.26. The highest BCUT2D eigenvalue weighted by Crippen LogP contribution is 2.15. The van der Waals surface area contributed by atoms with Crippen LogP contribution in [0.1, 0.15) is 6.92 Å². The highest BCUT2D eigenvalue weighted by atomic mass is 35.5. The first-order chi connectivity index (χ1) is 9.06. The van der Waals surface area contributed by atoms with E-state index < -0.39 is 6.04 Å². The van der Waals surface area contributed by atoms with E-state index in [1.54, 1.807) is 13.1 Å². The van der Waals surface area contributed by atoms with Gasteiger partial charge in [0.2, 0.25) is 5.91 Å². The summed E-state index contributed by atoms with van der Waals surface area (Å²) in [5.41, 5.74) is 6.18. The summed E-state index contributed by atoms with van der Waals surface area (Å²) in [6, 6.07) is 3.28. The molecule has 0 spiro atoms.